The van der Waals surface area contributed by atoms with Gasteiger partial charge in [0.25, 0.3) is 0 Å². The van der Waals surface area contributed by atoms with Crippen molar-refractivity contribution in [1.29, 1.82) is 0 Å². The highest BCUT2D eigenvalue weighted by atomic mass is 16.5. The van der Waals surface area contributed by atoms with Crippen LogP contribution in [0.4, 0.5) is 5.69 Å². The van der Waals surface area contributed by atoms with E-state index >= 15 is 0 Å². The Morgan fingerprint density at radius 2 is 1.96 bits per heavy atom. The molecule has 0 aliphatic carbocycles. The normalized spacial score (nSPS) is 16.2. The molecule has 2 rings (SSSR count). The molecule has 1 heterocycles. The van der Waals surface area contributed by atoms with E-state index in [4.69, 9.17) is 15.2 Å². The van der Waals surface area contributed by atoms with Crippen LogP contribution in [0.3, 0.4) is 0 Å². The van der Waals surface area contributed by atoms with Crippen molar-refractivity contribution in [1.82, 2.24) is 0 Å². The van der Waals surface area contributed by atoms with Gasteiger partial charge in [0.05, 0.1) is 26.2 Å². The Balaban J connectivity index is 1.80. The molecule has 132 valence electrons. The lowest BCUT2D eigenvalue weighted by Crippen LogP contribution is -2.43. The zero-order valence-electron chi connectivity index (χ0n) is 13.8. The van der Waals surface area contributed by atoms with Crippen molar-refractivity contribution in [2.24, 2.45) is 11.7 Å². The van der Waals surface area contributed by atoms with Crippen molar-refractivity contribution in [2.45, 2.75) is 25.3 Å². The van der Waals surface area contributed by atoms with E-state index < -0.39 is 6.04 Å². The smallest absolute Gasteiger partial charge is 0.308 e. The Labute approximate surface area is 141 Å². The van der Waals surface area contributed by atoms with Crippen molar-refractivity contribution in [3.63, 3.8) is 0 Å². The molecule has 7 heteroatoms. The molecule has 24 heavy (non-hydrogen) atoms. The molecule has 0 radical (unpaired) electrons. The summed E-state index contributed by atoms with van der Waals surface area (Å²) in [6.45, 7) is 1.56. The van der Waals surface area contributed by atoms with Gasteiger partial charge in [-0.3, -0.25) is 9.59 Å². The lowest BCUT2D eigenvalue weighted by molar-refractivity contribution is -0.141. The van der Waals surface area contributed by atoms with Crippen LogP contribution in [0.2, 0.25) is 0 Å². The maximum absolute atomic E-state index is 12.2. The highest BCUT2D eigenvalue weighted by Gasteiger charge is 2.26. The molecule has 0 spiro atoms. The summed E-state index contributed by atoms with van der Waals surface area (Å²) in [7, 11) is 1.34. The first-order valence-corrected chi connectivity index (χ1v) is 8.04. The van der Waals surface area contributed by atoms with E-state index in [1.165, 1.54) is 7.11 Å². The van der Waals surface area contributed by atoms with Gasteiger partial charge in [-0.2, -0.15) is 0 Å². The average Bonchev–Trinajstić information content (AvgIpc) is 2.63. The van der Waals surface area contributed by atoms with Crippen molar-refractivity contribution >= 4 is 17.6 Å². The molecule has 1 aromatic rings. The quantitative estimate of drug-likeness (QED) is 0.729. The highest BCUT2D eigenvalue weighted by molar-refractivity contribution is 5.94. The SMILES string of the molecule is COC(=O)CCOc1ccc(NC(=O)C(N)C2CCOCC2)cc1. The van der Waals surface area contributed by atoms with Gasteiger partial charge in [0.15, 0.2) is 0 Å². The first-order valence-electron chi connectivity index (χ1n) is 8.04. The third kappa shape index (κ3) is 5.50. The van der Waals surface area contributed by atoms with E-state index in [2.05, 4.69) is 10.1 Å². The Bertz CT molecular complexity index is 540. The van der Waals surface area contributed by atoms with Crippen LogP contribution < -0.4 is 15.8 Å². The number of rotatable bonds is 7. The number of hydrogen-bond acceptors (Lipinski definition) is 6. The summed E-state index contributed by atoms with van der Waals surface area (Å²) in [5.41, 5.74) is 6.70. The number of nitrogens with two attached hydrogens (primary N) is 1. The summed E-state index contributed by atoms with van der Waals surface area (Å²) in [6, 6.07) is 6.40. The van der Waals surface area contributed by atoms with Gasteiger partial charge in [-0.1, -0.05) is 0 Å². The lowest BCUT2D eigenvalue weighted by Gasteiger charge is -2.26. The van der Waals surface area contributed by atoms with Crippen LogP contribution >= 0.6 is 0 Å². The molecule has 1 atom stereocenters. The van der Waals surface area contributed by atoms with Crippen LogP contribution in [0.5, 0.6) is 5.75 Å². The van der Waals surface area contributed by atoms with E-state index in [0.29, 0.717) is 24.7 Å². The fourth-order valence-corrected chi connectivity index (χ4v) is 2.50. The zero-order chi connectivity index (χ0) is 17.4. The molecule has 1 aliphatic rings. The second-order valence-electron chi connectivity index (χ2n) is 5.66. The van der Waals surface area contributed by atoms with Gasteiger partial charge < -0.3 is 25.3 Å². The van der Waals surface area contributed by atoms with Crippen LogP contribution in [0, 0.1) is 5.92 Å². The number of carbonyl (C=O) groups is 2. The Morgan fingerprint density at radius 3 is 2.58 bits per heavy atom. The number of nitrogens with one attached hydrogen (secondary N) is 1. The van der Waals surface area contributed by atoms with Crippen LogP contribution in [-0.2, 0) is 19.1 Å². The highest BCUT2D eigenvalue weighted by Crippen LogP contribution is 2.20. The van der Waals surface area contributed by atoms with E-state index in [1.54, 1.807) is 24.3 Å². The number of hydrogen-bond donors (Lipinski definition) is 2. The van der Waals surface area contributed by atoms with E-state index in [0.717, 1.165) is 12.8 Å². The first-order chi connectivity index (χ1) is 11.6. The Kier molecular flexibility index (Phi) is 7.02. The van der Waals surface area contributed by atoms with Crippen molar-refractivity contribution in [3.05, 3.63) is 24.3 Å². The third-order valence-corrected chi connectivity index (χ3v) is 4.00. The summed E-state index contributed by atoms with van der Waals surface area (Å²) in [5.74, 6) is 0.257. The minimum atomic E-state index is -0.537. The van der Waals surface area contributed by atoms with Gasteiger partial charge in [0.2, 0.25) is 5.91 Å². The molecule has 0 aromatic heterocycles. The van der Waals surface area contributed by atoms with Gasteiger partial charge in [0.1, 0.15) is 5.75 Å². The summed E-state index contributed by atoms with van der Waals surface area (Å²) in [6.07, 6.45) is 1.80. The van der Waals surface area contributed by atoms with Crippen LogP contribution in [0.25, 0.3) is 0 Å². The van der Waals surface area contributed by atoms with E-state index in [9.17, 15) is 9.59 Å². The Morgan fingerprint density at radius 1 is 1.29 bits per heavy atom. The number of esters is 1. The third-order valence-electron chi connectivity index (χ3n) is 4.00. The molecule has 0 bridgehead atoms. The number of ether oxygens (including phenoxy) is 3. The number of carbonyl (C=O) groups excluding carboxylic acids is 2. The molecule has 1 unspecified atom stereocenters. The molecule has 1 aromatic carbocycles. The first kappa shape index (κ1) is 18.2. The Hall–Kier alpha value is -2.12. The molecule has 0 saturated carbocycles. The predicted octanol–water partition coefficient (Wildman–Crippen LogP) is 1.32. The van der Waals surface area contributed by atoms with Gasteiger partial charge >= 0.3 is 5.97 Å². The maximum atomic E-state index is 12.2. The second-order valence-corrected chi connectivity index (χ2v) is 5.66. The number of amides is 1. The van der Waals surface area contributed by atoms with Gasteiger partial charge in [0, 0.05) is 18.9 Å². The molecule has 3 N–H and O–H groups in total. The van der Waals surface area contributed by atoms with E-state index in [-0.39, 0.29) is 30.8 Å². The number of methoxy groups -OCH3 is 1. The lowest BCUT2D eigenvalue weighted by atomic mass is 9.92. The second kappa shape index (κ2) is 9.24. The van der Waals surface area contributed by atoms with Crippen LogP contribution in [0.1, 0.15) is 19.3 Å². The minimum Gasteiger partial charge on any atom is -0.493 e. The van der Waals surface area contributed by atoms with Crippen molar-refractivity contribution in [2.75, 3.05) is 32.2 Å². The molecule has 1 aliphatic heterocycles. The molecule has 1 saturated heterocycles. The zero-order valence-corrected chi connectivity index (χ0v) is 13.8. The largest absolute Gasteiger partial charge is 0.493 e. The van der Waals surface area contributed by atoms with Crippen molar-refractivity contribution in [3.8, 4) is 5.75 Å². The fraction of sp³-hybridized carbons (Fsp3) is 0.529. The van der Waals surface area contributed by atoms with E-state index in [1.807, 2.05) is 0 Å². The average molecular weight is 336 g/mol. The van der Waals surface area contributed by atoms with Gasteiger partial charge in [-0.05, 0) is 43.0 Å². The monoisotopic (exact) mass is 336 g/mol. The summed E-state index contributed by atoms with van der Waals surface area (Å²) >= 11 is 0. The standard InChI is InChI=1S/C17H24N2O5/c1-22-15(20)8-11-24-14-4-2-13(3-5-14)19-17(21)16(18)12-6-9-23-10-7-12/h2-5,12,16H,6-11,18H2,1H3,(H,19,21). The summed E-state index contributed by atoms with van der Waals surface area (Å²) in [4.78, 5) is 23.2. The number of benzene rings is 1. The molecular formula is C17H24N2O5. The van der Waals surface area contributed by atoms with Crippen LogP contribution in [-0.4, -0.2) is 44.8 Å². The molecule has 1 fully saturated rings. The molecular weight excluding hydrogens is 312 g/mol. The molecule has 1 amide bonds. The van der Waals surface area contributed by atoms with Crippen molar-refractivity contribution < 1.29 is 23.8 Å². The maximum Gasteiger partial charge on any atom is 0.308 e. The van der Waals surface area contributed by atoms with Gasteiger partial charge in [-0.15, -0.1) is 0 Å². The van der Waals surface area contributed by atoms with Crippen LogP contribution in [0.15, 0.2) is 24.3 Å². The summed E-state index contributed by atoms with van der Waals surface area (Å²) in [5, 5.41) is 2.82. The fourth-order valence-electron chi connectivity index (χ4n) is 2.50. The topological polar surface area (TPSA) is 99.9 Å². The minimum absolute atomic E-state index is 0.152. The predicted molar refractivity (Wildman–Crippen MR) is 88.7 cm³/mol. The van der Waals surface area contributed by atoms with Gasteiger partial charge in [-0.25, -0.2) is 0 Å². The number of anilines is 1. The molecule has 7 nitrogen and oxygen atoms in total. The summed E-state index contributed by atoms with van der Waals surface area (Å²) < 4.78 is 15.3.